The lowest BCUT2D eigenvalue weighted by atomic mass is 9.94. The van der Waals surface area contributed by atoms with Crippen LogP contribution in [0, 0.1) is 5.92 Å². The van der Waals surface area contributed by atoms with E-state index in [2.05, 4.69) is 30.8 Å². The third kappa shape index (κ3) is 6.73. The summed E-state index contributed by atoms with van der Waals surface area (Å²) in [6.45, 7) is 6.98. The Bertz CT molecular complexity index is 212. The van der Waals surface area contributed by atoms with Crippen molar-refractivity contribution in [2.45, 2.75) is 57.9 Å². The molecule has 3 heteroatoms. The zero-order chi connectivity index (χ0) is 14.1. The first kappa shape index (κ1) is 16.9. The molecule has 2 N–H and O–H groups in total. The van der Waals surface area contributed by atoms with E-state index in [4.69, 9.17) is 5.73 Å². The van der Waals surface area contributed by atoms with Crippen molar-refractivity contribution in [2.24, 2.45) is 11.7 Å². The quantitative estimate of drug-likeness (QED) is 0.661. The summed E-state index contributed by atoms with van der Waals surface area (Å²) in [6.07, 6.45) is 9.38. The molecule has 2 atom stereocenters. The van der Waals surface area contributed by atoms with Crippen LogP contribution < -0.4 is 5.73 Å². The molecular weight excluding hydrogens is 234 g/mol. The van der Waals surface area contributed by atoms with Crippen LogP contribution in [-0.2, 0) is 0 Å². The number of rotatable bonds is 10. The lowest BCUT2D eigenvalue weighted by Gasteiger charge is -2.27. The summed E-state index contributed by atoms with van der Waals surface area (Å²) < 4.78 is 0. The van der Waals surface area contributed by atoms with Gasteiger partial charge < -0.3 is 10.6 Å². The van der Waals surface area contributed by atoms with E-state index in [1.165, 1.54) is 64.6 Å². The lowest BCUT2D eigenvalue weighted by molar-refractivity contribution is 0.200. The molecule has 0 aliphatic carbocycles. The van der Waals surface area contributed by atoms with Crippen LogP contribution in [0.15, 0.2) is 0 Å². The van der Waals surface area contributed by atoms with Crippen molar-refractivity contribution >= 4 is 0 Å². The largest absolute Gasteiger partial charge is 0.330 e. The van der Waals surface area contributed by atoms with E-state index in [9.17, 15) is 0 Å². The van der Waals surface area contributed by atoms with E-state index >= 15 is 0 Å². The maximum Gasteiger partial charge on any atom is 0.0223 e. The Morgan fingerprint density at radius 1 is 1.26 bits per heavy atom. The van der Waals surface area contributed by atoms with Gasteiger partial charge >= 0.3 is 0 Å². The normalized spacial score (nSPS) is 22.3. The van der Waals surface area contributed by atoms with Crippen LogP contribution in [0.2, 0.25) is 0 Å². The highest BCUT2D eigenvalue weighted by Crippen LogP contribution is 2.21. The highest BCUT2D eigenvalue weighted by Gasteiger charge is 2.24. The molecule has 1 fully saturated rings. The number of likely N-dealkylation sites (tertiary alicyclic amines) is 1. The van der Waals surface area contributed by atoms with Gasteiger partial charge in [0, 0.05) is 12.6 Å². The van der Waals surface area contributed by atoms with Gasteiger partial charge in [-0.15, -0.1) is 0 Å². The van der Waals surface area contributed by atoms with E-state index in [-0.39, 0.29) is 0 Å². The Labute approximate surface area is 120 Å². The van der Waals surface area contributed by atoms with Gasteiger partial charge in [0.05, 0.1) is 0 Å². The number of hydrogen-bond acceptors (Lipinski definition) is 3. The molecule has 114 valence electrons. The SMILES string of the molecule is CCCC(CCN)CCCN1CCCC1CN(C)C. The number of likely N-dealkylation sites (N-methyl/N-ethyl adjacent to an activating group) is 1. The number of nitrogens with two attached hydrogens (primary N) is 1. The second kappa shape index (κ2) is 9.73. The standard InChI is InChI=1S/C16H35N3/c1-4-7-15(10-11-17)8-5-12-19-13-6-9-16(19)14-18(2)3/h15-16H,4-14,17H2,1-3H3. The molecule has 1 rings (SSSR count). The van der Waals surface area contributed by atoms with Crippen LogP contribution in [0.1, 0.15) is 51.9 Å². The topological polar surface area (TPSA) is 32.5 Å². The Morgan fingerprint density at radius 2 is 2.05 bits per heavy atom. The molecule has 3 nitrogen and oxygen atoms in total. The minimum Gasteiger partial charge on any atom is -0.330 e. The summed E-state index contributed by atoms with van der Waals surface area (Å²) in [5.41, 5.74) is 5.71. The average Bonchev–Trinajstić information content (AvgIpc) is 2.76. The third-order valence-electron chi connectivity index (χ3n) is 4.40. The fraction of sp³-hybridized carbons (Fsp3) is 1.00. The molecule has 2 unspecified atom stereocenters. The van der Waals surface area contributed by atoms with Gasteiger partial charge in [0.2, 0.25) is 0 Å². The van der Waals surface area contributed by atoms with Crippen molar-refractivity contribution in [3.05, 3.63) is 0 Å². The zero-order valence-electron chi connectivity index (χ0n) is 13.4. The van der Waals surface area contributed by atoms with Crippen molar-refractivity contribution in [3.63, 3.8) is 0 Å². The van der Waals surface area contributed by atoms with E-state index < -0.39 is 0 Å². The van der Waals surface area contributed by atoms with Gasteiger partial charge in [0.1, 0.15) is 0 Å². The molecular formula is C16H35N3. The smallest absolute Gasteiger partial charge is 0.0223 e. The van der Waals surface area contributed by atoms with Gasteiger partial charge in [-0.3, -0.25) is 4.90 Å². The fourth-order valence-corrected chi connectivity index (χ4v) is 3.48. The molecule has 19 heavy (non-hydrogen) atoms. The Hall–Kier alpha value is -0.120. The predicted octanol–water partition coefficient (Wildman–Crippen LogP) is 2.56. The zero-order valence-corrected chi connectivity index (χ0v) is 13.4. The first-order valence-electron chi connectivity index (χ1n) is 8.26. The molecule has 0 bridgehead atoms. The summed E-state index contributed by atoms with van der Waals surface area (Å²) in [5.74, 6) is 0.866. The van der Waals surface area contributed by atoms with E-state index in [1.54, 1.807) is 0 Å². The Balaban J connectivity index is 2.22. The molecule has 0 spiro atoms. The number of nitrogens with zero attached hydrogens (tertiary/aromatic N) is 2. The number of hydrogen-bond donors (Lipinski definition) is 1. The molecule has 1 aliphatic rings. The third-order valence-corrected chi connectivity index (χ3v) is 4.40. The molecule has 1 heterocycles. The Morgan fingerprint density at radius 3 is 2.68 bits per heavy atom. The highest BCUT2D eigenvalue weighted by atomic mass is 15.2. The second-order valence-electron chi connectivity index (χ2n) is 6.47. The molecule has 0 amide bonds. The van der Waals surface area contributed by atoms with E-state index in [0.717, 1.165) is 18.5 Å². The predicted molar refractivity (Wildman–Crippen MR) is 84.5 cm³/mol. The summed E-state index contributed by atoms with van der Waals surface area (Å²) in [5, 5.41) is 0. The van der Waals surface area contributed by atoms with E-state index in [1.807, 2.05) is 0 Å². The van der Waals surface area contributed by atoms with Crippen LogP contribution in [-0.4, -0.2) is 56.1 Å². The molecule has 0 aromatic heterocycles. The molecule has 1 saturated heterocycles. The second-order valence-corrected chi connectivity index (χ2v) is 6.47. The van der Waals surface area contributed by atoms with Gasteiger partial charge in [-0.05, 0) is 71.8 Å². The first-order valence-corrected chi connectivity index (χ1v) is 8.26. The van der Waals surface area contributed by atoms with Gasteiger partial charge in [-0.2, -0.15) is 0 Å². The molecule has 1 aliphatic heterocycles. The lowest BCUT2D eigenvalue weighted by Crippen LogP contribution is -2.38. The Kier molecular flexibility index (Phi) is 8.67. The van der Waals surface area contributed by atoms with Crippen molar-refractivity contribution in [1.29, 1.82) is 0 Å². The van der Waals surface area contributed by atoms with E-state index in [0.29, 0.717) is 0 Å². The van der Waals surface area contributed by atoms with Gasteiger partial charge in [-0.25, -0.2) is 0 Å². The van der Waals surface area contributed by atoms with Crippen molar-refractivity contribution in [3.8, 4) is 0 Å². The summed E-state index contributed by atoms with van der Waals surface area (Å²) >= 11 is 0. The fourth-order valence-electron chi connectivity index (χ4n) is 3.48. The van der Waals surface area contributed by atoms with Crippen LogP contribution >= 0.6 is 0 Å². The van der Waals surface area contributed by atoms with Crippen molar-refractivity contribution in [2.75, 3.05) is 40.3 Å². The molecule has 0 aromatic rings. The minimum absolute atomic E-state index is 0.800. The molecule has 0 radical (unpaired) electrons. The molecule has 0 aromatic carbocycles. The van der Waals surface area contributed by atoms with Crippen LogP contribution in [0.25, 0.3) is 0 Å². The van der Waals surface area contributed by atoms with Crippen LogP contribution in [0.4, 0.5) is 0 Å². The summed E-state index contributed by atoms with van der Waals surface area (Å²) in [4.78, 5) is 5.04. The van der Waals surface area contributed by atoms with Gasteiger partial charge in [0.15, 0.2) is 0 Å². The first-order chi connectivity index (χ1) is 9.17. The maximum absolute atomic E-state index is 5.71. The van der Waals surface area contributed by atoms with Gasteiger partial charge in [0.25, 0.3) is 0 Å². The summed E-state index contributed by atoms with van der Waals surface area (Å²) in [7, 11) is 4.38. The van der Waals surface area contributed by atoms with Gasteiger partial charge in [-0.1, -0.05) is 19.8 Å². The van der Waals surface area contributed by atoms with Crippen LogP contribution in [0.3, 0.4) is 0 Å². The average molecular weight is 269 g/mol. The van der Waals surface area contributed by atoms with Crippen molar-refractivity contribution in [1.82, 2.24) is 9.80 Å². The highest BCUT2D eigenvalue weighted by molar-refractivity contribution is 4.80. The monoisotopic (exact) mass is 269 g/mol. The molecule has 0 saturated carbocycles. The maximum atomic E-state index is 5.71. The van der Waals surface area contributed by atoms with Crippen LogP contribution in [0.5, 0.6) is 0 Å². The summed E-state index contributed by atoms with van der Waals surface area (Å²) in [6, 6.07) is 0.800. The van der Waals surface area contributed by atoms with Crippen molar-refractivity contribution < 1.29 is 0 Å². The minimum atomic E-state index is 0.800.